The molecule has 9 nitrogen and oxygen atoms in total. The van der Waals surface area contributed by atoms with Crippen LogP contribution in [0.3, 0.4) is 0 Å². The van der Waals surface area contributed by atoms with E-state index in [4.69, 9.17) is 9.15 Å². The first-order valence-corrected chi connectivity index (χ1v) is 8.15. The molecule has 1 aliphatic heterocycles. The van der Waals surface area contributed by atoms with Gasteiger partial charge in [0.15, 0.2) is 5.76 Å². The average molecular weight is 413 g/mol. The quantitative estimate of drug-likeness (QED) is 0.594. The van der Waals surface area contributed by atoms with E-state index < -0.39 is 34.9 Å². The van der Waals surface area contributed by atoms with Crippen LogP contribution in [0.4, 0.5) is 18.9 Å². The molecule has 0 spiro atoms. The minimum atomic E-state index is -5.11. The van der Waals surface area contributed by atoms with E-state index in [1.54, 1.807) is 0 Å². The first kappa shape index (κ1) is 20.3. The SMILES string of the molecule is Cc1cc(OCc2ccc(C(=O)N3N=CC[C@]3(O)C(F)(F)F)o2)ccc1[N+](=O)[O-]. The molecular formula is C17H14F3N3O6. The van der Waals surface area contributed by atoms with Crippen LogP contribution < -0.4 is 4.74 Å². The van der Waals surface area contributed by atoms with Gasteiger partial charge in [-0.15, -0.1) is 0 Å². The molecule has 3 rings (SSSR count). The van der Waals surface area contributed by atoms with Crippen molar-refractivity contribution in [3.63, 3.8) is 0 Å². The van der Waals surface area contributed by atoms with E-state index >= 15 is 0 Å². The predicted molar refractivity (Wildman–Crippen MR) is 91.2 cm³/mol. The maximum Gasteiger partial charge on any atom is 0.438 e. The number of ether oxygens (including phenoxy) is 1. The smallest absolute Gasteiger partial charge is 0.438 e. The van der Waals surface area contributed by atoms with Crippen LogP contribution in [0.25, 0.3) is 0 Å². The van der Waals surface area contributed by atoms with Crippen LogP contribution in [0.2, 0.25) is 0 Å². The number of carbonyl (C=O) groups is 1. The van der Waals surface area contributed by atoms with E-state index in [0.29, 0.717) is 11.3 Å². The number of nitro groups is 1. The summed E-state index contributed by atoms with van der Waals surface area (Å²) in [5.41, 5.74) is -3.14. The lowest BCUT2D eigenvalue weighted by Crippen LogP contribution is -2.56. The molecule has 1 aromatic heterocycles. The highest BCUT2D eigenvalue weighted by molar-refractivity contribution is 5.93. The molecule has 1 amide bonds. The molecule has 154 valence electrons. The number of alkyl halides is 3. The van der Waals surface area contributed by atoms with Crippen molar-refractivity contribution >= 4 is 17.8 Å². The molecule has 1 N–H and O–H groups in total. The first-order chi connectivity index (χ1) is 13.5. The highest BCUT2D eigenvalue weighted by Crippen LogP contribution is 2.39. The molecule has 12 heteroatoms. The van der Waals surface area contributed by atoms with Gasteiger partial charge in [-0.3, -0.25) is 14.9 Å². The number of halogens is 3. The van der Waals surface area contributed by atoms with Gasteiger partial charge < -0.3 is 14.3 Å². The van der Waals surface area contributed by atoms with Crippen LogP contribution in [0.1, 0.15) is 28.3 Å². The number of amides is 1. The monoisotopic (exact) mass is 413 g/mol. The third kappa shape index (κ3) is 3.78. The lowest BCUT2D eigenvalue weighted by Gasteiger charge is -2.31. The molecule has 2 aromatic rings. The molecule has 0 unspecified atom stereocenters. The highest BCUT2D eigenvalue weighted by Gasteiger charge is 2.61. The van der Waals surface area contributed by atoms with Crippen LogP contribution in [0.5, 0.6) is 5.75 Å². The average Bonchev–Trinajstić information content (AvgIpc) is 3.26. The molecule has 29 heavy (non-hydrogen) atoms. The molecule has 2 heterocycles. The second-order valence-corrected chi connectivity index (χ2v) is 6.19. The normalized spacial score (nSPS) is 18.9. The Morgan fingerprint density at radius 1 is 1.41 bits per heavy atom. The van der Waals surface area contributed by atoms with E-state index in [-0.39, 0.29) is 23.1 Å². The van der Waals surface area contributed by atoms with Crippen molar-refractivity contribution in [1.82, 2.24) is 5.01 Å². The van der Waals surface area contributed by atoms with Gasteiger partial charge in [-0.1, -0.05) is 0 Å². The Kier molecular flexibility index (Phi) is 5.05. The Balaban J connectivity index is 1.70. The van der Waals surface area contributed by atoms with Crippen LogP contribution >= 0.6 is 0 Å². The number of carbonyl (C=O) groups excluding carboxylic acids is 1. The number of hydrogen-bond acceptors (Lipinski definition) is 7. The minimum absolute atomic E-state index is 0.0733. The van der Waals surface area contributed by atoms with Crippen LogP contribution in [-0.2, 0) is 6.61 Å². The fourth-order valence-electron chi connectivity index (χ4n) is 2.64. The molecule has 1 aliphatic rings. The van der Waals surface area contributed by atoms with E-state index in [2.05, 4.69) is 5.10 Å². The summed E-state index contributed by atoms with van der Waals surface area (Å²) >= 11 is 0. The summed E-state index contributed by atoms with van der Waals surface area (Å²) in [6.07, 6.45) is -5.21. The fourth-order valence-corrected chi connectivity index (χ4v) is 2.64. The number of aryl methyl sites for hydroxylation is 1. The summed E-state index contributed by atoms with van der Waals surface area (Å²) < 4.78 is 49.9. The third-order valence-electron chi connectivity index (χ3n) is 4.19. The second kappa shape index (κ2) is 7.20. The van der Waals surface area contributed by atoms with Crippen molar-refractivity contribution in [2.75, 3.05) is 0 Å². The molecule has 1 aromatic carbocycles. The number of aliphatic hydroxyl groups is 1. The van der Waals surface area contributed by atoms with Gasteiger partial charge in [-0.2, -0.15) is 23.3 Å². The van der Waals surface area contributed by atoms with Crippen molar-refractivity contribution in [2.24, 2.45) is 5.10 Å². The molecule has 0 saturated carbocycles. The highest BCUT2D eigenvalue weighted by atomic mass is 19.4. The summed E-state index contributed by atoms with van der Waals surface area (Å²) in [5.74, 6) is -1.32. The second-order valence-electron chi connectivity index (χ2n) is 6.19. The van der Waals surface area contributed by atoms with Crippen molar-refractivity contribution in [3.05, 3.63) is 57.5 Å². The summed E-state index contributed by atoms with van der Waals surface area (Å²) in [6.45, 7) is 1.35. The number of hydrogen-bond donors (Lipinski definition) is 1. The lowest BCUT2D eigenvalue weighted by atomic mass is 10.1. The van der Waals surface area contributed by atoms with E-state index in [1.165, 1.54) is 31.2 Å². The molecule has 0 fully saturated rings. The van der Waals surface area contributed by atoms with Crippen LogP contribution in [0, 0.1) is 17.0 Å². The number of furan rings is 1. The Hall–Kier alpha value is -3.41. The summed E-state index contributed by atoms with van der Waals surface area (Å²) in [6, 6.07) is 6.54. The Labute approximate surface area is 161 Å². The van der Waals surface area contributed by atoms with Crippen LogP contribution in [-0.4, -0.2) is 39.1 Å². The topological polar surface area (TPSA) is 118 Å². The molecule has 0 saturated heterocycles. The summed E-state index contributed by atoms with van der Waals surface area (Å²) in [4.78, 5) is 22.6. The Morgan fingerprint density at radius 2 is 2.14 bits per heavy atom. The molecule has 0 radical (unpaired) electrons. The van der Waals surface area contributed by atoms with E-state index in [0.717, 1.165) is 12.3 Å². The van der Waals surface area contributed by atoms with Gasteiger partial charge in [0.05, 0.1) is 4.92 Å². The fraction of sp³-hybridized carbons (Fsp3) is 0.294. The number of benzene rings is 1. The number of nitrogens with zero attached hydrogens (tertiary/aromatic N) is 3. The van der Waals surface area contributed by atoms with E-state index in [9.17, 15) is 33.2 Å². The third-order valence-corrected chi connectivity index (χ3v) is 4.19. The maximum atomic E-state index is 13.1. The van der Waals surface area contributed by atoms with Gasteiger partial charge in [0.1, 0.15) is 18.1 Å². The minimum Gasteiger partial charge on any atom is -0.486 e. The van der Waals surface area contributed by atoms with Crippen LogP contribution in [0.15, 0.2) is 39.9 Å². The van der Waals surface area contributed by atoms with Gasteiger partial charge in [0, 0.05) is 24.3 Å². The maximum absolute atomic E-state index is 13.1. The molecule has 1 atom stereocenters. The Morgan fingerprint density at radius 3 is 2.76 bits per heavy atom. The zero-order valence-corrected chi connectivity index (χ0v) is 14.8. The van der Waals surface area contributed by atoms with E-state index in [1.807, 2.05) is 0 Å². The number of rotatable bonds is 5. The molecule has 0 aliphatic carbocycles. The first-order valence-electron chi connectivity index (χ1n) is 8.15. The van der Waals surface area contributed by atoms with Gasteiger partial charge in [-0.05, 0) is 31.2 Å². The largest absolute Gasteiger partial charge is 0.486 e. The zero-order valence-electron chi connectivity index (χ0n) is 14.8. The van der Waals surface area contributed by atoms with Crippen molar-refractivity contribution in [2.45, 2.75) is 31.9 Å². The van der Waals surface area contributed by atoms with Crippen molar-refractivity contribution in [3.8, 4) is 5.75 Å². The van der Waals surface area contributed by atoms with Gasteiger partial charge in [0.2, 0.25) is 0 Å². The van der Waals surface area contributed by atoms with Gasteiger partial charge in [-0.25, -0.2) is 0 Å². The van der Waals surface area contributed by atoms with Gasteiger partial charge in [0.25, 0.3) is 11.4 Å². The molecule has 0 bridgehead atoms. The number of nitro benzene ring substituents is 1. The zero-order chi connectivity index (χ0) is 21.4. The molecular weight excluding hydrogens is 399 g/mol. The predicted octanol–water partition coefficient (Wildman–Crippen LogP) is 3.16. The van der Waals surface area contributed by atoms with Crippen molar-refractivity contribution < 1.29 is 37.1 Å². The van der Waals surface area contributed by atoms with Crippen molar-refractivity contribution in [1.29, 1.82) is 0 Å². The Bertz CT molecular complexity index is 987. The lowest BCUT2D eigenvalue weighted by molar-refractivity contribution is -0.385. The summed E-state index contributed by atoms with van der Waals surface area (Å²) in [5, 5.41) is 23.9. The summed E-state index contributed by atoms with van der Waals surface area (Å²) in [7, 11) is 0. The number of hydrazone groups is 1. The van der Waals surface area contributed by atoms with Gasteiger partial charge >= 0.3 is 12.1 Å². The standard InChI is InChI=1S/C17H14F3N3O6/c1-10-8-11(2-4-13(10)23(26)27)28-9-12-3-5-14(29-12)15(24)22-16(25,6-7-21-22)17(18,19)20/h2-5,7-8,25H,6,9H2,1H3/t16-/m0/s1.